The van der Waals surface area contributed by atoms with Gasteiger partial charge in [0.25, 0.3) is 0 Å². The van der Waals surface area contributed by atoms with Crippen LogP contribution in [0.2, 0.25) is 0 Å². The van der Waals surface area contributed by atoms with E-state index in [4.69, 9.17) is 0 Å². The highest BCUT2D eigenvalue weighted by molar-refractivity contribution is 6.32. The van der Waals surface area contributed by atoms with Crippen molar-refractivity contribution in [1.29, 1.82) is 0 Å². The summed E-state index contributed by atoms with van der Waals surface area (Å²) in [6.07, 6.45) is 2.24. The molecule has 2 bridgehead atoms. The number of hydrogen-bond acceptors (Lipinski definition) is 4. The average molecular weight is 226 g/mol. The summed E-state index contributed by atoms with van der Waals surface area (Å²) in [4.78, 5) is 25.0. The molecule has 3 fully saturated rings. The Morgan fingerprint density at radius 2 is 2.06 bits per heavy atom. The maximum Gasteiger partial charge on any atom is 0.396 e. The van der Waals surface area contributed by atoms with Crippen molar-refractivity contribution in [1.82, 2.24) is 10.2 Å². The Labute approximate surface area is 95.1 Å². The molecule has 0 spiro atoms. The van der Waals surface area contributed by atoms with Crippen LogP contribution in [0.3, 0.4) is 0 Å². The van der Waals surface area contributed by atoms with Crippen LogP contribution in [0, 0.1) is 5.92 Å². The van der Waals surface area contributed by atoms with Crippen LogP contribution in [0.5, 0.6) is 0 Å². The van der Waals surface area contributed by atoms with Gasteiger partial charge >= 0.3 is 11.9 Å². The first-order chi connectivity index (χ1) is 7.70. The first-order valence-electron chi connectivity index (χ1n) is 5.90. The van der Waals surface area contributed by atoms with Crippen molar-refractivity contribution in [2.45, 2.75) is 25.8 Å². The van der Waals surface area contributed by atoms with Crippen LogP contribution in [0.4, 0.5) is 0 Å². The minimum atomic E-state index is -0.765. The van der Waals surface area contributed by atoms with E-state index in [1.165, 1.54) is 0 Å². The predicted octanol–water partition coefficient (Wildman–Crippen LogP) is -0.240. The average Bonchev–Trinajstić information content (AvgIpc) is 2.31. The number of nitrogens with one attached hydrogen (secondary N) is 1. The first kappa shape index (κ1) is 11.4. The monoisotopic (exact) mass is 226 g/mol. The molecule has 0 aromatic carbocycles. The van der Waals surface area contributed by atoms with Crippen LogP contribution in [-0.2, 0) is 14.3 Å². The van der Waals surface area contributed by atoms with Gasteiger partial charge in [-0.2, -0.15) is 0 Å². The Bertz CT molecular complexity index is 285. The predicted molar refractivity (Wildman–Crippen MR) is 57.7 cm³/mol. The highest BCUT2D eigenvalue weighted by Crippen LogP contribution is 2.27. The van der Waals surface area contributed by atoms with Crippen molar-refractivity contribution >= 4 is 11.9 Å². The zero-order chi connectivity index (χ0) is 11.5. The summed E-state index contributed by atoms with van der Waals surface area (Å²) in [6.45, 7) is 5.05. The lowest BCUT2D eigenvalue weighted by Gasteiger charge is -2.44. The molecule has 90 valence electrons. The quantitative estimate of drug-likeness (QED) is 0.521. The van der Waals surface area contributed by atoms with Crippen molar-refractivity contribution in [3.05, 3.63) is 0 Å². The number of amides is 1. The molecule has 3 rings (SSSR count). The number of piperidine rings is 3. The van der Waals surface area contributed by atoms with Crippen LogP contribution in [-0.4, -0.2) is 49.1 Å². The third-order valence-electron chi connectivity index (χ3n) is 3.43. The van der Waals surface area contributed by atoms with Gasteiger partial charge in [-0.25, -0.2) is 4.79 Å². The molecule has 16 heavy (non-hydrogen) atoms. The SMILES string of the molecule is CCOC(=O)C(=O)NC1CN2CCC1CC2. The van der Waals surface area contributed by atoms with E-state index in [9.17, 15) is 9.59 Å². The normalized spacial score (nSPS) is 32.2. The topological polar surface area (TPSA) is 58.6 Å². The van der Waals surface area contributed by atoms with Gasteiger partial charge in [0.2, 0.25) is 0 Å². The fourth-order valence-corrected chi connectivity index (χ4v) is 2.55. The lowest BCUT2D eigenvalue weighted by molar-refractivity contribution is -0.155. The lowest BCUT2D eigenvalue weighted by atomic mass is 9.84. The van der Waals surface area contributed by atoms with Crippen LogP contribution in [0.15, 0.2) is 0 Å². The number of carbonyl (C=O) groups excluding carboxylic acids is 2. The maximum atomic E-state index is 11.5. The van der Waals surface area contributed by atoms with Gasteiger partial charge in [-0.1, -0.05) is 0 Å². The third-order valence-corrected chi connectivity index (χ3v) is 3.43. The Morgan fingerprint density at radius 3 is 2.56 bits per heavy atom. The number of fused-ring (bicyclic) bond motifs is 3. The Morgan fingerprint density at radius 1 is 1.38 bits per heavy atom. The summed E-state index contributed by atoms with van der Waals surface area (Å²) in [5, 5.41) is 2.78. The van der Waals surface area contributed by atoms with Crippen molar-refractivity contribution in [2.75, 3.05) is 26.2 Å². The molecule has 0 radical (unpaired) electrons. The summed E-state index contributed by atoms with van der Waals surface area (Å²) in [7, 11) is 0. The maximum absolute atomic E-state index is 11.5. The van der Waals surface area contributed by atoms with E-state index < -0.39 is 11.9 Å². The summed E-state index contributed by atoms with van der Waals surface area (Å²) in [5.41, 5.74) is 0. The molecule has 3 saturated heterocycles. The molecule has 0 aliphatic carbocycles. The van der Waals surface area contributed by atoms with Crippen molar-refractivity contribution in [2.24, 2.45) is 5.92 Å². The third kappa shape index (κ3) is 2.35. The van der Waals surface area contributed by atoms with E-state index >= 15 is 0 Å². The highest BCUT2D eigenvalue weighted by Gasteiger charge is 2.35. The van der Waals surface area contributed by atoms with E-state index in [0.29, 0.717) is 5.92 Å². The molecule has 3 heterocycles. The van der Waals surface area contributed by atoms with Gasteiger partial charge in [0.1, 0.15) is 0 Å². The molecule has 0 aromatic rings. The summed E-state index contributed by atoms with van der Waals surface area (Å²) in [6, 6.07) is 0.124. The second-order valence-corrected chi connectivity index (χ2v) is 4.44. The number of rotatable bonds is 2. The van der Waals surface area contributed by atoms with Crippen LogP contribution < -0.4 is 5.32 Å². The number of esters is 1. The van der Waals surface area contributed by atoms with Gasteiger partial charge in [-0.3, -0.25) is 4.79 Å². The van der Waals surface area contributed by atoms with Gasteiger partial charge in [-0.15, -0.1) is 0 Å². The molecule has 3 aliphatic rings. The van der Waals surface area contributed by atoms with Crippen molar-refractivity contribution in [3.8, 4) is 0 Å². The van der Waals surface area contributed by atoms with E-state index in [1.54, 1.807) is 6.92 Å². The molecule has 3 aliphatic heterocycles. The summed E-state index contributed by atoms with van der Waals surface area (Å²) in [5.74, 6) is -0.831. The summed E-state index contributed by atoms with van der Waals surface area (Å²) >= 11 is 0. The van der Waals surface area contributed by atoms with Gasteiger partial charge in [0.15, 0.2) is 0 Å². The van der Waals surface area contributed by atoms with Gasteiger partial charge in [0.05, 0.1) is 6.61 Å². The standard InChI is InChI=1S/C11H18N2O3/c1-2-16-11(15)10(14)12-9-7-13-5-3-8(9)4-6-13/h8-9H,2-7H2,1H3,(H,12,14). The largest absolute Gasteiger partial charge is 0.459 e. The van der Waals surface area contributed by atoms with Crippen molar-refractivity contribution in [3.63, 3.8) is 0 Å². The molecule has 1 unspecified atom stereocenters. The molecule has 0 aromatic heterocycles. The molecule has 5 nitrogen and oxygen atoms in total. The van der Waals surface area contributed by atoms with Gasteiger partial charge < -0.3 is 15.0 Å². The fraction of sp³-hybridized carbons (Fsp3) is 0.818. The fourth-order valence-electron chi connectivity index (χ4n) is 2.55. The van der Waals surface area contributed by atoms with E-state index in [-0.39, 0.29) is 12.6 Å². The zero-order valence-electron chi connectivity index (χ0n) is 9.57. The lowest BCUT2D eigenvalue weighted by Crippen LogP contribution is -2.58. The van der Waals surface area contributed by atoms with E-state index in [2.05, 4.69) is 15.0 Å². The molecule has 1 amide bonds. The minimum absolute atomic E-state index is 0.124. The molecule has 5 heteroatoms. The smallest absolute Gasteiger partial charge is 0.396 e. The first-order valence-corrected chi connectivity index (χ1v) is 5.90. The van der Waals surface area contributed by atoms with Crippen LogP contribution >= 0.6 is 0 Å². The highest BCUT2D eigenvalue weighted by atomic mass is 16.5. The van der Waals surface area contributed by atoms with E-state index in [0.717, 1.165) is 32.5 Å². The second-order valence-electron chi connectivity index (χ2n) is 4.44. The molecule has 1 atom stereocenters. The Hall–Kier alpha value is -1.10. The summed E-state index contributed by atoms with van der Waals surface area (Å²) < 4.78 is 4.66. The number of ether oxygens (including phenoxy) is 1. The number of nitrogens with zero attached hydrogens (tertiary/aromatic N) is 1. The Balaban J connectivity index is 1.85. The molecule has 1 N–H and O–H groups in total. The van der Waals surface area contributed by atoms with Crippen LogP contribution in [0.25, 0.3) is 0 Å². The second kappa shape index (κ2) is 4.82. The minimum Gasteiger partial charge on any atom is -0.459 e. The van der Waals surface area contributed by atoms with Gasteiger partial charge in [-0.05, 0) is 38.8 Å². The zero-order valence-corrected chi connectivity index (χ0v) is 9.57. The molecular weight excluding hydrogens is 208 g/mol. The van der Waals surface area contributed by atoms with Gasteiger partial charge in [0, 0.05) is 12.6 Å². The Kier molecular flexibility index (Phi) is 3.43. The number of hydrogen-bond donors (Lipinski definition) is 1. The van der Waals surface area contributed by atoms with Crippen LogP contribution in [0.1, 0.15) is 19.8 Å². The molecular formula is C11H18N2O3. The van der Waals surface area contributed by atoms with Crippen molar-refractivity contribution < 1.29 is 14.3 Å². The molecule has 0 saturated carbocycles. The van der Waals surface area contributed by atoms with E-state index in [1.807, 2.05) is 0 Å². The number of carbonyl (C=O) groups is 2.